The summed E-state index contributed by atoms with van der Waals surface area (Å²) in [7, 11) is 4.00. The molecular weight excluding hydrogens is 1820 g/mol. The maximum atomic E-state index is 13.6. The van der Waals surface area contributed by atoms with E-state index in [9.17, 15) is 76.7 Å². The van der Waals surface area contributed by atoms with Gasteiger partial charge in [-0.15, -0.1) is 0 Å². The van der Waals surface area contributed by atoms with Gasteiger partial charge in [0, 0.05) is 111 Å². The number of aromatic nitrogens is 1. The van der Waals surface area contributed by atoms with Crippen LogP contribution in [0.2, 0.25) is 0 Å². The number of nitrogens with two attached hydrogens (primary N) is 1. The molecule has 5 fully saturated rings. The number of fused-ring (bicyclic) bond motifs is 3. The van der Waals surface area contributed by atoms with Gasteiger partial charge in [0.2, 0.25) is 34.8 Å². The first-order chi connectivity index (χ1) is 62.8. The van der Waals surface area contributed by atoms with Gasteiger partial charge in [0.25, 0.3) is 0 Å². The molecule has 0 bridgehead atoms. The quantitative estimate of drug-likeness (QED) is 0.0590. The van der Waals surface area contributed by atoms with E-state index in [1.54, 1.807) is 97.9 Å². The zero-order chi connectivity index (χ0) is 105. The molecule has 10 amide bonds. The van der Waals surface area contributed by atoms with Crippen molar-refractivity contribution in [1.82, 2.24) is 44.2 Å². The average molecular weight is 1980 g/mol. The van der Waals surface area contributed by atoms with Gasteiger partial charge in [0.05, 0.1) is 58.0 Å². The van der Waals surface area contributed by atoms with Crippen molar-refractivity contribution in [2.24, 2.45) is 33.3 Å². The first kappa shape index (κ1) is 127. The van der Waals surface area contributed by atoms with Gasteiger partial charge >= 0.3 is 73.2 Å². The number of pyridine rings is 1. The molecule has 6 aliphatic heterocycles. The van der Waals surface area contributed by atoms with Gasteiger partial charge < -0.3 is 104 Å². The number of hydrogen-bond donors (Lipinski definition) is 4. The largest absolute Gasteiger partial charge is 1.00 e. The number of ether oxygens (including phenoxy) is 8. The van der Waals surface area contributed by atoms with Crippen LogP contribution in [0, 0.1) is 27.6 Å². The second-order valence-corrected chi connectivity index (χ2v) is 44.7. The van der Waals surface area contributed by atoms with E-state index in [-0.39, 0.29) is 145 Å². The summed E-state index contributed by atoms with van der Waals surface area (Å²) in [6, 6.07) is 8.67. The average Bonchev–Trinajstić information content (AvgIpc) is 1.57. The van der Waals surface area contributed by atoms with Crippen LogP contribution >= 0.6 is 11.6 Å². The van der Waals surface area contributed by atoms with Crippen molar-refractivity contribution in [1.29, 1.82) is 0 Å². The first-order valence-corrected chi connectivity index (χ1v) is 47.5. The van der Waals surface area contributed by atoms with Crippen LogP contribution < -0.4 is 35.2 Å². The predicted octanol–water partition coefficient (Wildman–Crippen LogP) is 11.0. The fourth-order valence-electron chi connectivity index (χ4n) is 15.2. The molecule has 7 aliphatic rings. The number of rotatable bonds is 14. The zero-order valence-corrected chi connectivity index (χ0v) is 89.5. The first-order valence-electron chi connectivity index (χ1n) is 47.1. The van der Waals surface area contributed by atoms with Gasteiger partial charge in [0.15, 0.2) is 5.78 Å². The molecule has 6 N–H and O–H groups in total. The van der Waals surface area contributed by atoms with Crippen LogP contribution in [-0.4, -0.2) is 309 Å². The van der Waals surface area contributed by atoms with Gasteiger partial charge in [-0.2, -0.15) is 0 Å². The third kappa shape index (κ3) is 45.3. The molecular formula is C99H162ClLiN12O26. The summed E-state index contributed by atoms with van der Waals surface area (Å²) >= 11 is 5.11. The zero-order valence-electron chi connectivity index (χ0n) is 88.7. The van der Waals surface area contributed by atoms with Crippen LogP contribution in [0.15, 0.2) is 36.5 Å². The normalized spacial score (nSPS) is 18.5. The number of anilines is 2. The molecule has 7 heterocycles. The summed E-state index contributed by atoms with van der Waals surface area (Å²) in [4.78, 5) is 208. The molecule has 1 aromatic carbocycles. The smallest absolute Gasteiger partial charge is 0.870 e. The fraction of sp³-hybridized carbons (Fsp3) is 0.727. The number of aliphatic carboxylic acids is 1. The number of carbonyl (C=O) groups excluding carboxylic acids is 15. The van der Waals surface area contributed by atoms with E-state index in [4.69, 9.17) is 50.9 Å². The summed E-state index contributed by atoms with van der Waals surface area (Å²) in [6.45, 7) is 53.2. The molecule has 5 saturated heterocycles. The second-order valence-electron chi connectivity index (χ2n) is 44.4. The van der Waals surface area contributed by atoms with Gasteiger partial charge in [-0.05, 0) is 228 Å². The number of piperidine rings is 5. The van der Waals surface area contributed by atoms with Crippen LogP contribution in [0.25, 0.3) is 0 Å². The van der Waals surface area contributed by atoms with Crippen molar-refractivity contribution in [2.75, 3.05) is 124 Å². The Balaban J connectivity index is 0.000000873. The predicted molar refractivity (Wildman–Crippen MR) is 520 cm³/mol. The number of halogens is 1. The van der Waals surface area contributed by atoms with Gasteiger partial charge in [-0.25, -0.2) is 29.0 Å². The van der Waals surface area contributed by atoms with Crippen LogP contribution in [0.5, 0.6) is 0 Å². The SMILES string of the molecule is CC(C)(C)C(=O)Cl.CC(C)(C)OC(=O)N1CCCC(=O)C1.CC(C)(C)OC(=O)N1CCCC(N(CC(=O)Nc2ccc3c(c2)CC2(C3)C(=O)Nc3ncccc32)C(=O)C(C)(C)C)C1.CC(C)(C)OC(=O)N1CCCC(N(CC(=O)O)C(=O)C(C)(C)C)C1.COC(=O)CCC1CCCN(C(=O)OC(C)(C)C)C1.COC(=O)CN.COC(=O)CN(C(=O)C(C)(C)C)C1CCCN(C(=O)OC(C)(C)C)C1.[Li+].[OH-]. The van der Waals surface area contributed by atoms with E-state index in [0.29, 0.717) is 121 Å². The number of hydrogen-bond acceptors (Lipinski definition) is 27. The number of carbonyl (C=O) groups is 16. The summed E-state index contributed by atoms with van der Waals surface area (Å²) < 4.78 is 40.4. The van der Waals surface area contributed by atoms with Crippen LogP contribution in [-0.2, 0) is 109 Å². The maximum absolute atomic E-state index is 13.6. The third-order valence-electron chi connectivity index (χ3n) is 21.8. The number of likely N-dealkylation sites (tertiary alicyclic amines) is 5. The number of methoxy groups -OCH3 is 3. The van der Waals surface area contributed by atoms with E-state index in [0.717, 1.165) is 61.8 Å². The molecule has 5 unspecified atom stereocenters. The summed E-state index contributed by atoms with van der Waals surface area (Å²) in [5.41, 5.74) is 2.59. The van der Waals surface area contributed by atoms with E-state index in [1.165, 1.54) is 31.1 Å². The molecule has 1 spiro atoms. The Kier molecular flexibility index (Phi) is 50.2. The summed E-state index contributed by atoms with van der Waals surface area (Å²) in [5, 5.41) is 14.8. The molecule has 782 valence electrons. The van der Waals surface area contributed by atoms with Gasteiger partial charge in [0.1, 0.15) is 53.5 Å². The Hall–Kier alpha value is -9.90. The Bertz CT molecular complexity index is 4460. The molecule has 1 aromatic heterocycles. The van der Waals surface area contributed by atoms with Crippen molar-refractivity contribution in [2.45, 2.75) is 328 Å². The number of Topliss-reactive ketones (excluding diaryl/α,β-unsaturated/α-hetero) is 1. The molecule has 1 aliphatic carbocycles. The Morgan fingerprint density at radius 2 is 0.842 bits per heavy atom. The molecule has 2 aromatic rings. The topological polar surface area (TPSA) is 486 Å². The molecule has 0 radical (unpaired) electrons. The van der Waals surface area contributed by atoms with Gasteiger partial charge in [-0.3, -0.25) is 52.7 Å². The Labute approximate surface area is 840 Å². The number of nitrogens with one attached hydrogen (secondary N) is 2. The molecule has 139 heavy (non-hydrogen) atoms. The number of amides is 10. The number of esters is 3. The number of nitrogens with zero attached hydrogens (tertiary/aromatic N) is 9. The minimum atomic E-state index is -1.05. The molecule has 9 rings (SSSR count). The van der Waals surface area contributed by atoms with E-state index in [1.807, 2.05) is 155 Å². The minimum absolute atomic E-state index is 0. The molecule has 0 saturated carbocycles. The van der Waals surface area contributed by atoms with E-state index >= 15 is 0 Å². The monoisotopic (exact) mass is 1980 g/mol. The minimum Gasteiger partial charge on any atom is -0.870 e. The fourth-order valence-corrected chi connectivity index (χ4v) is 15.2. The Morgan fingerprint density at radius 1 is 0.482 bits per heavy atom. The van der Waals surface area contributed by atoms with Crippen molar-refractivity contribution < 1.29 is 144 Å². The maximum Gasteiger partial charge on any atom is 1.00 e. The van der Waals surface area contributed by atoms with Crippen molar-refractivity contribution in [3.8, 4) is 0 Å². The number of benzene rings is 1. The van der Waals surface area contributed by atoms with Crippen molar-refractivity contribution in [3.05, 3.63) is 53.2 Å². The van der Waals surface area contributed by atoms with Crippen LogP contribution in [0.1, 0.15) is 281 Å². The number of carboxylic acids is 1. The molecule has 5 atom stereocenters. The standard InChI is InChI=1S/C32H41N5O5.C18H32N2O5.C17H30N2O5.C14H25NO4.C10H17NO3.C5H9ClO.C3H7NO2.Li.H2O/c1-30(2,3)28(40)37(23-9-8-14-36(18-23)29(41)42-31(4,5)6)19-25(38)34-22-12-11-20-16-32(17-21(20)15-22)24-10-7-13-33-26(24)35-27(32)39;1-17(2,3)15(22)20(12-14(21)24-7)13-9-8-10-19(11-13)16(23)25-18(4,5)6;1-16(2,3)14(22)19(11-13(20)21)12-8-7-9-18(10-12)15(23)24-17(4,5)6;1-14(2,3)19-13(17)15-9-5-6-11(10-15)7-8-12(16)18-4;1-10(2,3)14-9(13)11-6-4-5-8(12)7-11;1-5(2,3)4(6)7;1-6-3(5)2-4;;/h7,10-13,15,23H,8-9,14,16-19H2,1-6H3,(H,34,38)(H,33,35,39);13H,8-12H2,1-7H3;12H,7-11H2,1-6H3,(H,20,21);11H,5-10H2,1-4H3;4-7H2,1-3H3;1-3H3;2,4H2,1H3;;1H2/q;;;;;;;+1;/p-1. The van der Waals surface area contributed by atoms with Crippen LogP contribution in [0.4, 0.5) is 35.5 Å². The van der Waals surface area contributed by atoms with Crippen molar-refractivity contribution in [3.63, 3.8) is 0 Å². The second kappa shape index (κ2) is 54.9. The Morgan fingerprint density at radius 3 is 1.19 bits per heavy atom. The van der Waals surface area contributed by atoms with E-state index < -0.39 is 79.9 Å². The van der Waals surface area contributed by atoms with E-state index in [2.05, 4.69) is 25.1 Å². The molecule has 38 nitrogen and oxygen atoms in total. The number of carboxylic acid groups (broad SMARTS) is 1. The van der Waals surface area contributed by atoms with Gasteiger partial charge in [-0.1, -0.05) is 95.2 Å². The summed E-state index contributed by atoms with van der Waals surface area (Å²) in [5.74, 6) is -1.87. The van der Waals surface area contributed by atoms with Crippen molar-refractivity contribution >= 4 is 118 Å². The number of ketones is 1. The third-order valence-corrected chi connectivity index (χ3v) is 22.4. The van der Waals surface area contributed by atoms with Crippen LogP contribution in [0.3, 0.4) is 0 Å². The molecule has 40 heteroatoms. The summed E-state index contributed by atoms with van der Waals surface area (Å²) in [6.07, 6.45) is 9.70.